The van der Waals surface area contributed by atoms with E-state index in [0.717, 1.165) is 17.5 Å². The third-order valence-electron chi connectivity index (χ3n) is 1.95. The number of benzene rings is 1. The predicted molar refractivity (Wildman–Crippen MR) is 75.6 cm³/mol. The fourth-order valence-corrected chi connectivity index (χ4v) is 4.28. The first-order valence-electron chi connectivity index (χ1n) is 4.34. The lowest BCUT2D eigenvalue weighted by Crippen LogP contribution is -1.83. The predicted octanol–water partition coefficient (Wildman–Crippen LogP) is 4.70. The van der Waals surface area contributed by atoms with Crippen molar-refractivity contribution in [3.63, 3.8) is 0 Å². The van der Waals surface area contributed by atoms with E-state index in [1.807, 2.05) is 0 Å². The Morgan fingerprint density at radius 2 is 1.67 bits per heavy atom. The number of hydrogen-bond donors (Lipinski definition) is 0. The van der Waals surface area contributed by atoms with Gasteiger partial charge >= 0.3 is 0 Å². The van der Waals surface area contributed by atoms with Crippen molar-refractivity contribution in [2.24, 2.45) is 0 Å². The lowest BCUT2D eigenvalue weighted by atomic mass is 10.2. The second-order valence-electron chi connectivity index (χ2n) is 3.17. The number of hydrogen-bond acceptors (Lipinski definition) is 4. The molecular weight excluding hydrogens is 360 g/mol. The second-order valence-corrected chi connectivity index (χ2v) is 8.24. The highest BCUT2D eigenvalue weighted by Crippen LogP contribution is 2.40. The number of thiazole rings is 1. The van der Waals surface area contributed by atoms with Crippen molar-refractivity contribution in [3.8, 4) is 10.6 Å². The highest BCUT2D eigenvalue weighted by atomic mass is 35.7. The van der Waals surface area contributed by atoms with Gasteiger partial charge in [-0.2, -0.15) is 0 Å². The molecule has 1 aromatic carbocycles. The van der Waals surface area contributed by atoms with Crippen LogP contribution in [0.5, 0.6) is 0 Å². The quantitative estimate of drug-likeness (QED) is 0.727. The smallest absolute Gasteiger partial charge is 0.243 e. The number of aromatic nitrogens is 1. The van der Waals surface area contributed by atoms with Crippen molar-refractivity contribution < 1.29 is 8.42 Å². The zero-order valence-electron chi connectivity index (χ0n) is 8.32. The second kappa shape index (κ2) is 5.15. The molecule has 9 heteroatoms. The van der Waals surface area contributed by atoms with Gasteiger partial charge in [-0.15, -0.1) is 11.3 Å². The molecule has 96 valence electrons. The molecule has 1 aromatic heterocycles. The van der Waals surface area contributed by atoms with Gasteiger partial charge in [0, 0.05) is 21.3 Å². The van der Waals surface area contributed by atoms with Crippen LogP contribution in [0.2, 0.25) is 15.1 Å². The third-order valence-corrected chi connectivity index (χ3v) is 5.84. The van der Waals surface area contributed by atoms with E-state index < -0.39 is 9.05 Å². The van der Waals surface area contributed by atoms with Crippen LogP contribution in [-0.4, -0.2) is 13.4 Å². The molecule has 0 aliphatic heterocycles. The Hall–Kier alpha value is -0.0400. The molecule has 1 heterocycles. The SMILES string of the molecule is O=S(=O)(Cl)c1cnc(-c2c(Cl)cc(Cl)cc2Cl)s1. The summed E-state index contributed by atoms with van der Waals surface area (Å²) >= 11 is 18.7. The summed E-state index contributed by atoms with van der Waals surface area (Å²) in [5.41, 5.74) is 0.430. The minimum absolute atomic E-state index is 0.0683. The van der Waals surface area contributed by atoms with Gasteiger partial charge in [0.2, 0.25) is 0 Å². The summed E-state index contributed by atoms with van der Waals surface area (Å²) in [6, 6.07) is 3.00. The zero-order valence-corrected chi connectivity index (χ0v) is 13.0. The number of rotatable bonds is 2. The van der Waals surface area contributed by atoms with Crippen LogP contribution in [0.4, 0.5) is 0 Å². The molecule has 0 amide bonds. The first-order valence-corrected chi connectivity index (χ1v) is 8.60. The summed E-state index contributed by atoms with van der Waals surface area (Å²) in [7, 11) is 1.41. The Kier molecular flexibility index (Phi) is 4.11. The Bertz CT molecular complexity index is 688. The summed E-state index contributed by atoms with van der Waals surface area (Å²) in [6.45, 7) is 0. The van der Waals surface area contributed by atoms with Crippen molar-refractivity contribution in [2.45, 2.75) is 4.21 Å². The molecule has 0 atom stereocenters. The summed E-state index contributed by atoms with van der Waals surface area (Å²) in [5.74, 6) is 0. The monoisotopic (exact) mass is 361 g/mol. The van der Waals surface area contributed by atoms with Gasteiger partial charge in [0.05, 0.1) is 16.2 Å². The van der Waals surface area contributed by atoms with Crippen LogP contribution in [0.25, 0.3) is 10.6 Å². The minimum atomic E-state index is -3.81. The van der Waals surface area contributed by atoms with Gasteiger partial charge in [0.15, 0.2) is 4.21 Å². The first kappa shape index (κ1) is 14.4. The van der Waals surface area contributed by atoms with Crippen LogP contribution in [0.1, 0.15) is 0 Å². The maximum Gasteiger partial charge on any atom is 0.272 e. The highest BCUT2D eigenvalue weighted by Gasteiger charge is 2.19. The topological polar surface area (TPSA) is 47.0 Å². The van der Waals surface area contributed by atoms with Gasteiger partial charge in [0.25, 0.3) is 9.05 Å². The lowest BCUT2D eigenvalue weighted by molar-refractivity contribution is 0.611. The van der Waals surface area contributed by atoms with Crippen molar-refractivity contribution in [1.29, 1.82) is 0 Å². The van der Waals surface area contributed by atoms with Crippen LogP contribution in [0.3, 0.4) is 0 Å². The van der Waals surface area contributed by atoms with Crippen molar-refractivity contribution in [3.05, 3.63) is 33.4 Å². The summed E-state index contributed by atoms with van der Waals surface area (Å²) in [5, 5.41) is 1.33. The molecule has 0 N–H and O–H groups in total. The van der Waals surface area contributed by atoms with Crippen LogP contribution < -0.4 is 0 Å². The minimum Gasteiger partial charge on any atom is -0.243 e. The van der Waals surface area contributed by atoms with Gasteiger partial charge < -0.3 is 0 Å². The normalized spacial score (nSPS) is 11.8. The molecular formula is C9H3Cl4NO2S2. The van der Waals surface area contributed by atoms with Crippen molar-refractivity contribution in [2.75, 3.05) is 0 Å². The van der Waals surface area contributed by atoms with E-state index >= 15 is 0 Å². The third kappa shape index (κ3) is 2.92. The van der Waals surface area contributed by atoms with E-state index in [2.05, 4.69) is 4.98 Å². The van der Waals surface area contributed by atoms with E-state index in [9.17, 15) is 8.42 Å². The van der Waals surface area contributed by atoms with Gasteiger partial charge in [-0.3, -0.25) is 0 Å². The Labute approximate surface area is 127 Å². The van der Waals surface area contributed by atoms with E-state index in [4.69, 9.17) is 45.5 Å². The van der Waals surface area contributed by atoms with Crippen LogP contribution >= 0.6 is 56.8 Å². The van der Waals surface area contributed by atoms with E-state index in [1.165, 1.54) is 12.1 Å². The molecule has 0 unspecified atom stereocenters. The molecule has 18 heavy (non-hydrogen) atoms. The van der Waals surface area contributed by atoms with Gasteiger partial charge in [0.1, 0.15) is 5.01 Å². The van der Waals surface area contributed by atoms with Crippen LogP contribution in [-0.2, 0) is 9.05 Å². The van der Waals surface area contributed by atoms with Gasteiger partial charge in [-0.05, 0) is 12.1 Å². The summed E-state index contributed by atoms with van der Waals surface area (Å²) < 4.78 is 22.2. The molecule has 0 aliphatic carbocycles. The number of halogens is 4. The highest BCUT2D eigenvalue weighted by molar-refractivity contribution is 8.15. The fraction of sp³-hybridized carbons (Fsp3) is 0. The van der Waals surface area contributed by atoms with E-state index in [0.29, 0.717) is 25.6 Å². The number of nitrogens with zero attached hydrogens (tertiary/aromatic N) is 1. The van der Waals surface area contributed by atoms with Crippen LogP contribution in [0, 0.1) is 0 Å². The zero-order chi connectivity index (χ0) is 13.5. The largest absolute Gasteiger partial charge is 0.272 e. The first-order chi connectivity index (χ1) is 8.29. The summed E-state index contributed by atoms with van der Waals surface area (Å²) in [4.78, 5) is 3.95. The lowest BCUT2D eigenvalue weighted by Gasteiger charge is -2.03. The van der Waals surface area contributed by atoms with Gasteiger partial charge in [-0.25, -0.2) is 13.4 Å². The average Bonchev–Trinajstić information content (AvgIpc) is 2.64. The maximum atomic E-state index is 11.2. The molecule has 3 nitrogen and oxygen atoms in total. The molecule has 0 aliphatic rings. The molecule has 0 saturated heterocycles. The standard InChI is InChI=1S/C9H3Cl4NO2S2/c10-4-1-5(11)8(6(12)2-4)9-14-3-7(17-9)18(13,15)16/h1-3H. The Balaban J connectivity index is 2.60. The average molecular weight is 363 g/mol. The summed E-state index contributed by atoms with van der Waals surface area (Å²) in [6.07, 6.45) is 1.16. The van der Waals surface area contributed by atoms with Crippen molar-refractivity contribution in [1.82, 2.24) is 4.98 Å². The van der Waals surface area contributed by atoms with Gasteiger partial charge in [-0.1, -0.05) is 34.8 Å². The van der Waals surface area contributed by atoms with E-state index in [-0.39, 0.29) is 4.21 Å². The molecule has 0 radical (unpaired) electrons. The molecule has 2 rings (SSSR count). The van der Waals surface area contributed by atoms with Crippen molar-refractivity contribution >= 4 is 65.9 Å². The maximum absolute atomic E-state index is 11.2. The molecule has 0 saturated carbocycles. The molecule has 0 spiro atoms. The molecule has 0 bridgehead atoms. The Morgan fingerprint density at radius 3 is 2.11 bits per heavy atom. The van der Waals surface area contributed by atoms with Crippen LogP contribution in [0.15, 0.2) is 22.5 Å². The Morgan fingerprint density at radius 1 is 1.11 bits per heavy atom. The molecule has 2 aromatic rings. The fourth-order valence-electron chi connectivity index (χ4n) is 1.23. The van der Waals surface area contributed by atoms with E-state index in [1.54, 1.807) is 0 Å². The molecule has 0 fully saturated rings.